The number of aliphatic hydroxyl groups excluding tert-OH is 1. The molecule has 2 aliphatic heterocycles. The van der Waals surface area contributed by atoms with E-state index in [4.69, 9.17) is 0 Å². The van der Waals surface area contributed by atoms with E-state index >= 15 is 0 Å². The number of amides is 1. The molecule has 1 N–H and O–H groups in total. The van der Waals surface area contributed by atoms with Crippen LogP contribution in [0.1, 0.15) is 34.6 Å². The van der Waals surface area contributed by atoms with Gasteiger partial charge in [-0.05, 0) is 50.3 Å². The summed E-state index contributed by atoms with van der Waals surface area (Å²) in [7, 11) is 0. The van der Waals surface area contributed by atoms with Crippen LogP contribution in [0.4, 0.5) is 0 Å². The first-order chi connectivity index (χ1) is 10.7. The summed E-state index contributed by atoms with van der Waals surface area (Å²) in [6, 6.07) is 0. The third kappa shape index (κ3) is 3.31. The smallest absolute Gasteiger partial charge is 0.267 e. The van der Waals surface area contributed by atoms with Crippen LogP contribution in [0.5, 0.6) is 0 Å². The fourth-order valence-corrected chi connectivity index (χ4v) is 4.19. The van der Waals surface area contributed by atoms with Gasteiger partial charge in [-0.15, -0.1) is 5.10 Å². The molecular formula is C15H24N4O2S. The van der Waals surface area contributed by atoms with E-state index in [-0.39, 0.29) is 18.4 Å². The van der Waals surface area contributed by atoms with Gasteiger partial charge in [0.05, 0.1) is 5.69 Å². The van der Waals surface area contributed by atoms with Crippen LogP contribution in [0.15, 0.2) is 0 Å². The van der Waals surface area contributed by atoms with Crippen molar-refractivity contribution in [3.63, 3.8) is 0 Å². The molecule has 2 saturated heterocycles. The van der Waals surface area contributed by atoms with Gasteiger partial charge in [-0.2, -0.15) is 0 Å². The molecule has 0 bridgehead atoms. The van der Waals surface area contributed by atoms with Crippen molar-refractivity contribution in [2.75, 3.05) is 39.3 Å². The SMILES string of the molecule is Cc1nnsc1C(=O)N1C[C@@H](CN2CCCCC2)[C@@H](CO)C1. The van der Waals surface area contributed by atoms with Crippen molar-refractivity contribution in [2.45, 2.75) is 26.2 Å². The molecule has 6 nitrogen and oxygen atoms in total. The van der Waals surface area contributed by atoms with Crippen molar-refractivity contribution in [1.29, 1.82) is 0 Å². The Morgan fingerprint density at radius 2 is 2.00 bits per heavy atom. The zero-order valence-electron chi connectivity index (χ0n) is 13.1. The zero-order chi connectivity index (χ0) is 15.5. The molecule has 1 aromatic rings. The lowest BCUT2D eigenvalue weighted by Gasteiger charge is -2.30. The molecule has 0 saturated carbocycles. The molecule has 0 spiro atoms. The molecular weight excluding hydrogens is 300 g/mol. The second-order valence-electron chi connectivity index (χ2n) is 6.46. The third-order valence-corrected chi connectivity index (χ3v) is 5.70. The molecule has 3 rings (SSSR count). The van der Waals surface area contributed by atoms with Gasteiger partial charge >= 0.3 is 0 Å². The highest BCUT2D eigenvalue weighted by Gasteiger charge is 2.37. The number of carbonyl (C=O) groups excluding carboxylic acids is 1. The second-order valence-corrected chi connectivity index (χ2v) is 7.22. The second kappa shape index (κ2) is 7.02. The molecule has 1 aromatic heterocycles. The van der Waals surface area contributed by atoms with E-state index in [1.807, 2.05) is 11.8 Å². The quantitative estimate of drug-likeness (QED) is 0.895. The Balaban J connectivity index is 1.63. The van der Waals surface area contributed by atoms with Crippen LogP contribution in [-0.4, -0.2) is 69.7 Å². The molecule has 2 atom stereocenters. The highest BCUT2D eigenvalue weighted by molar-refractivity contribution is 7.07. The molecule has 0 radical (unpaired) electrons. The Labute approximate surface area is 135 Å². The van der Waals surface area contributed by atoms with Crippen molar-refractivity contribution in [2.24, 2.45) is 11.8 Å². The number of hydrogen-bond acceptors (Lipinski definition) is 6. The third-order valence-electron chi connectivity index (χ3n) is 4.89. The lowest BCUT2D eigenvalue weighted by molar-refractivity contribution is 0.0782. The summed E-state index contributed by atoms with van der Waals surface area (Å²) in [4.78, 5) is 17.6. The Morgan fingerprint density at radius 3 is 2.64 bits per heavy atom. The Bertz CT molecular complexity index is 515. The number of hydrogen-bond donors (Lipinski definition) is 1. The maximum Gasteiger partial charge on any atom is 0.267 e. The molecule has 122 valence electrons. The van der Waals surface area contributed by atoms with Gasteiger partial charge in [0.25, 0.3) is 5.91 Å². The average Bonchev–Trinajstić information content (AvgIpc) is 3.14. The molecule has 3 heterocycles. The van der Waals surface area contributed by atoms with E-state index in [0.29, 0.717) is 23.0 Å². The number of aryl methyl sites for hydroxylation is 1. The van der Waals surface area contributed by atoms with E-state index in [1.165, 1.54) is 19.3 Å². The Morgan fingerprint density at radius 1 is 1.27 bits per heavy atom. The summed E-state index contributed by atoms with van der Waals surface area (Å²) >= 11 is 1.16. The summed E-state index contributed by atoms with van der Waals surface area (Å²) in [5.74, 6) is 0.576. The van der Waals surface area contributed by atoms with Gasteiger partial charge in [-0.3, -0.25) is 4.79 Å². The maximum absolute atomic E-state index is 12.6. The number of aliphatic hydroxyl groups is 1. The predicted molar refractivity (Wildman–Crippen MR) is 84.9 cm³/mol. The molecule has 2 fully saturated rings. The highest BCUT2D eigenvalue weighted by atomic mass is 32.1. The first kappa shape index (κ1) is 15.8. The van der Waals surface area contributed by atoms with E-state index in [1.54, 1.807) is 0 Å². The first-order valence-electron chi connectivity index (χ1n) is 8.10. The van der Waals surface area contributed by atoms with Crippen LogP contribution in [0.2, 0.25) is 0 Å². The van der Waals surface area contributed by atoms with Crippen molar-refractivity contribution < 1.29 is 9.90 Å². The summed E-state index contributed by atoms with van der Waals surface area (Å²) in [6.45, 7) is 6.66. The van der Waals surface area contributed by atoms with Gasteiger partial charge in [-0.25, -0.2) is 0 Å². The minimum Gasteiger partial charge on any atom is -0.396 e. The molecule has 0 unspecified atom stereocenters. The zero-order valence-corrected chi connectivity index (χ0v) is 13.9. The summed E-state index contributed by atoms with van der Waals surface area (Å²) < 4.78 is 3.85. The number of aromatic nitrogens is 2. The van der Waals surface area contributed by atoms with Gasteiger partial charge in [0.1, 0.15) is 4.88 Å². The van der Waals surface area contributed by atoms with Crippen LogP contribution >= 0.6 is 11.5 Å². The normalized spacial score (nSPS) is 26.5. The number of likely N-dealkylation sites (tertiary alicyclic amines) is 2. The first-order valence-corrected chi connectivity index (χ1v) is 8.88. The number of rotatable bonds is 4. The number of piperidine rings is 1. The van der Waals surface area contributed by atoms with Gasteiger partial charge in [0.2, 0.25) is 0 Å². The highest BCUT2D eigenvalue weighted by Crippen LogP contribution is 2.27. The number of carbonyl (C=O) groups is 1. The number of nitrogens with zero attached hydrogens (tertiary/aromatic N) is 4. The minimum absolute atomic E-state index is 0.0205. The van der Waals surface area contributed by atoms with Gasteiger partial charge < -0.3 is 14.9 Å². The van der Waals surface area contributed by atoms with E-state index in [9.17, 15) is 9.90 Å². The molecule has 0 aromatic carbocycles. The topological polar surface area (TPSA) is 69.6 Å². The van der Waals surface area contributed by atoms with Crippen LogP contribution in [0.25, 0.3) is 0 Å². The van der Waals surface area contributed by atoms with Gasteiger partial charge in [-0.1, -0.05) is 10.9 Å². The van der Waals surface area contributed by atoms with E-state index in [0.717, 1.165) is 37.7 Å². The molecule has 7 heteroatoms. The Hall–Kier alpha value is -1.05. The van der Waals surface area contributed by atoms with Crippen molar-refractivity contribution in [3.8, 4) is 0 Å². The van der Waals surface area contributed by atoms with Crippen LogP contribution in [0.3, 0.4) is 0 Å². The standard InChI is InChI=1S/C15H24N4O2S/c1-11-14(22-17-16-11)15(21)19-8-12(13(9-19)10-20)7-18-5-3-2-4-6-18/h12-13,20H,2-10H2,1H3/t12-,13-/m1/s1. The van der Waals surface area contributed by atoms with Gasteiger partial charge in [0.15, 0.2) is 0 Å². The van der Waals surface area contributed by atoms with Crippen molar-refractivity contribution in [1.82, 2.24) is 19.4 Å². The van der Waals surface area contributed by atoms with Crippen LogP contribution in [-0.2, 0) is 0 Å². The average molecular weight is 324 g/mol. The lowest BCUT2D eigenvalue weighted by Crippen LogP contribution is -2.37. The predicted octanol–water partition coefficient (Wildman–Crippen LogP) is 1.01. The van der Waals surface area contributed by atoms with Crippen molar-refractivity contribution >= 4 is 17.4 Å². The van der Waals surface area contributed by atoms with E-state index in [2.05, 4.69) is 14.5 Å². The van der Waals surface area contributed by atoms with E-state index < -0.39 is 0 Å². The van der Waals surface area contributed by atoms with Crippen LogP contribution < -0.4 is 0 Å². The minimum atomic E-state index is 0.0205. The lowest BCUT2D eigenvalue weighted by atomic mass is 9.95. The summed E-state index contributed by atoms with van der Waals surface area (Å²) in [5, 5.41) is 13.6. The fraction of sp³-hybridized carbons (Fsp3) is 0.800. The fourth-order valence-electron chi connectivity index (χ4n) is 3.56. The molecule has 22 heavy (non-hydrogen) atoms. The molecule has 2 aliphatic rings. The van der Waals surface area contributed by atoms with Crippen molar-refractivity contribution in [3.05, 3.63) is 10.6 Å². The molecule has 0 aliphatic carbocycles. The maximum atomic E-state index is 12.6. The largest absolute Gasteiger partial charge is 0.396 e. The Kier molecular flexibility index (Phi) is 5.05. The summed E-state index contributed by atoms with van der Waals surface area (Å²) in [5.41, 5.74) is 0.704. The molecule has 1 amide bonds. The van der Waals surface area contributed by atoms with Gasteiger partial charge in [0, 0.05) is 32.2 Å². The van der Waals surface area contributed by atoms with Crippen LogP contribution in [0, 0.1) is 18.8 Å². The summed E-state index contributed by atoms with van der Waals surface area (Å²) in [6.07, 6.45) is 3.86. The monoisotopic (exact) mass is 324 g/mol.